The Balaban J connectivity index is 0.00000484. The molecule has 0 bridgehead atoms. The van der Waals surface area contributed by atoms with E-state index in [1.165, 1.54) is 12.8 Å². The number of aliphatic imine (C=N–C) groups is 1. The number of aromatic nitrogens is 2. The molecular weight excluding hydrogens is 405 g/mol. The second-order valence-corrected chi connectivity index (χ2v) is 5.78. The summed E-state index contributed by atoms with van der Waals surface area (Å²) in [6.07, 6.45) is 3.04. The van der Waals surface area contributed by atoms with Crippen molar-refractivity contribution in [2.75, 3.05) is 19.6 Å². The van der Waals surface area contributed by atoms with E-state index < -0.39 is 0 Å². The molecule has 1 aromatic rings. The molecule has 0 fully saturated rings. The molecule has 0 aromatic carbocycles. The van der Waals surface area contributed by atoms with E-state index in [-0.39, 0.29) is 24.0 Å². The van der Waals surface area contributed by atoms with Crippen LogP contribution in [0.5, 0.6) is 0 Å². The molecule has 6 nitrogen and oxygen atoms in total. The highest BCUT2D eigenvalue weighted by Gasteiger charge is 2.09. The number of guanidine groups is 1. The van der Waals surface area contributed by atoms with Crippen LogP contribution in [-0.2, 0) is 6.42 Å². The molecule has 7 heteroatoms. The largest absolute Gasteiger partial charge is 0.357 e. The van der Waals surface area contributed by atoms with Crippen molar-refractivity contribution in [2.45, 2.75) is 59.8 Å². The Labute approximate surface area is 157 Å². The number of hydrogen-bond donors (Lipinski definition) is 2. The fourth-order valence-electron chi connectivity index (χ4n) is 2.00. The summed E-state index contributed by atoms with van der Waals surface area (Å²) in [5.41, 5.74) is 0. The molecule has 23 heavy (non-hydrogen) atoms. The number of nitrogens with one attached hydrogen (secondary N) is 2. The van der Waals surface area contributed by atoms with Gasteiger partial charge >= 0.3 is 0 Å². The molecule has 0 saturated heterocycles. The van der Waals surface area contributed by atoms with Crippen LogP contribution in [0.15, 0.2) is 9.52 Å². The molecule has 0 saturated carbocycles. The van der Waals surface area contributed by atoms with E-state index in [0.717, 1.165) is 31.4 Å². The molecule has 0 radical (unpaired) electrons. The lowest BCUT2D eigenvalue weighted by Gasteiger charge is -2.13. The molecule has 0 spiro atoms. The molecule has 0 aliphatic heterocycles. The smallest absolute Gasteiger partial charge is 0.228 e. The summed E-state index contributed by atoms with van der Waals surface area (Å²) >= 11 is 0. The minimum absolute atomic E-state index is 0. The standard InChI is InChI=1S/C16H31N5O.HI/c1-6-13(7-2)11-19-16(17-8-3)18-10-9-14-20-15(12(4)5)21-22-14;/h12-13H,6-11H2,1-5H3,(H2,17,18,19);1H. The second-order valence-electron chi connectivity index (χ2n) is 5.78. The van der Waals surface area contributed by atoms with Gasteiger partial charge in [0.15, 0.2) is 11.8 Å². The van der Waals surface area contributed by atoms with E-state index >= 15 is 0 Å². The van der Waals surface area contributed by atoms with Gasteiger partial charge in [0.1, 0.15) is 0 Å². The molecule has 1 rings (SSSR count). The Hall–Kier alpha value is -0.860. The minimum Gasteiger partial charge on any atom is -0.357 e. The average molecular weight is 437 g/mol. The minimum atomic E-state index is 0. The zero-order valence-corrected chi connectivity index (χ0v) is 17.4. The lowest BCUT2D eigenvalue weighted by Crippen LogP contribution is -2.38. The first-order valence-electron chi connectivity index (χ1n) is 8.45. The van der Waals surface area contributed by atoms with Gasteiger partial charge in [0.2, 0.25) is 5.89 Å². The van der Waals surface area contributed by atoms with E-state index in [4.69, 9.17) is 4.52 Å². The molecule has 1 heterocycles. The Morgan fingerprint density at radius 2 is 1.87 bits per heavy atom. The first-order valence-corrected chi connectivity index (χ1v) is 8.45. The maximum atomic E-state index is 5.24. The van der Waals surface area contributed by atoms with Crippen molar-refractivity contribution in [3.05, 3.63) is 11.7 Å². The molecule has 0 unspecified atom stereocenters. The Morgan fingerprint density at radius 3 is 2.39 bits per heavy atom. The van der Waals surface area contributed by atoms with E-state index in [1.54, 1.807) is 0 Å². The number of rotatable bonds is 9. The van der Waals surface area contributed by atoms with Crippen LogP contribution in [0.4, 0.5) is 0 Å². The SMILES string of the molecule is CCNC(=NCC(CC)CC)NCCc1nc(C(C)C)no1.I. The normalized spacial score (nSPS) is 11.7. The van der Waals surface area contributed by atoms with Crippen molar-refractivity contribution in [1.29, 1.82) is 0 Å². The van der Waals surface area contributed by atoms with Gasteiger partial charge in [-0.05, 0) is 12.8 Å². The molecule has 2 N–H and O–H groups in total. The zero-order chi connectivity index (χ0) is 16.4. The highest BCUT2D eigenvalue weighted by molar-refractivity contribution is 14.0. The van der Waals surface area contributed by atoms with Crippen LogP contribution in [0.25, 0.3) is 0 Å². The van der Waals surface area contributed by atoms with Crippen LogP contribution in [0.3, 0.4) is 0 Å². The predicted octanol–water partition coefficient (Wildman–Crippen LogP) is 3.34. The lowest BCUT2D eigenvalue weighted by atomic mass is 10.0. The van der Waals surface area contributed by atoms with Crippen LogP contribution in [0.1, 0.15) is 65.1 Å². The first kappa shape index (κ1) is 22.1. The Morgan fingerprint density at radius 1 is 1.17 bits per heavy atom. The van der Waals surface area contributed by atoms with E-state index in [0.29, 0.717) is 24.1 Å². The highest BCUT2D eigenvalue weighted by Crippen LogP contribution is 2.09. The van der Waals surface area contributed by atoms with Gasteiger partial charge in [-0.3, -0.25) is 4.99 Å². The predicted molar refractivity (Wildman–Crippen MR) is 106 cm³/mol. The summed E-state index contributed by atoms with van der Waals surface area (Å²) in [7, 11) is 0. The molecular formula is C16H32IN5O. The van der Waals surface area contributed by atoms with Gasteiger partial charge in [0.05, 0.1) is 0 Å². The molecule has 1 aromatic heterocycles. The summed E-state index contributed by atoms with van der Waals surface area (Å²) in [6, 6.07) is 0. The van der Waals surface area contributed by atoms with Gasteiger partial charge < -0.3 is 15.2 Å². The van der Waals surface area contributed by atoms with Gasteiger partial charge in [-0.1, -0.05) is 45.7 Å². The van der Waals surface area contributed by atoms with Gasteiger partial charge in [0, 0.05) is 32.0 Å². The van der Waals surface area contributed by atoms with Crippen molar-refractivity contribution in [1.82, 2.24) is 20.8 Å². The third-order valence-electron chi connectivity index (χ3n) is 3.64. The molecule has 0 amide bonds. The summed E-state index contributed by atoms with van der Waals surface area (Å²) < 4.78 is 5.24. The monoisotopic (exact) mass is 437 g/mol. The van der Waals surface area contributed by atoms with Crippen molar-refractivity contribution in [2.24, 2.45) is 10.9 Å². The van der Waals surface area contributed by atoms with Crippen molar-refractivity contribution in [3.63, 3.8) is 0 Å². The van der Waals surface area contributed by atoms with Crippen LogP contribution in [0, 0.1) is 5.92 Å². The molecule has 0 atom stereocenters. The fourth-order valence-corrected chi connectivity index (χ4v) is 2.00. The fraction of sp³-hybridized carbons (Fsp3) is 0.812. The highest BCUT2D eigenvalue weighted by atomic mass is 127. The maximum absolute atomic E-state index is 5.24. The van der Waals surface area contributed by atoms with E-state index in [1.807, 2.05) is 0 Å². The van der Waals surface area contributed by atoms with Gasteiger partial charge in [-0.25, -0.2) is 0 Å². The molecule has 134 valence electrons. The van der Waals surface area contributed by atoms with Crippen LogP contribution >= 0.6 is 24.0 Å². The third-order valence-corrected chi connectivity index (χ3v) is 3.64. The summed E-state index contributed by atoms with van der Waals surface area (Å²) in [6.45, 7) is 13.1. The topological polar surface area (TPSA) is 75.3 Å². The van der Waals surface area contributed by atoms with Crippen molar-refractivity contribution in [3.8, 4) is 0 Å². The van der Waals surface area contributed by atoms with Gasteiger partial charge in [-0.2, -0.15) is 4.98 Å². The van der Waals surface area contributed by atoms with E-state index in [2.05, 4.69) is 60.4 Å². The average Bonchev–Trinajstić information content (AvgIpc) is 2.97. The quantitative estimate of drug-likeness (QED) is 0.352. The van der Waals surface area contributed by atoms with Crippen LogP contribution in [0.2, 0.25) is 0 Å². The number of hydrogen-bond acceptors (Lipinski definition) is 4. The van der Waals surface area contributed by atoms with E-state index in [9.17, 15) is 0 Å². The zero-order valence-electron chi connectivity index (χ0n) is 15.1. The van der Waals surface area contributed by atoms with Crippen molar-refractivity contribution >= 4 is 29.9 Å². The van der Waals surface area contributed by atoms with Crippen LogP contribution < -0.4 is 10.6 Å². The number of halogens is 1. The van der Waals surface area contributed by atoms with Crippen LogP contribution in [-0.4, -0.2) is 35.7 Å². The lowest BCUT2D eigenvalue weighted by molar-refractivity contribution is 0.371. The van der Waals surface area contributed by atoms with Gasteiger partial charge in [-0.15, -0.1) is 24.0 Å². The van der Waals surface area contributed by atoms with Gasteiger partial charge in [0.25, 0.3) is 0 Å². The summed E-state index contributed by atoms with van der Waals surface area (Å²) in [4.78, 5) is 9.02. The Bertz CT molecular complexity index is 443. The molecule has 0 aliphatic carbocycles. The number of nitrogens with zero attached hydrogens (tertiary/aromatic N) is 3. The molecule has 0 aliphatic rings. The third kappa shape index (κ3) is 8.53. The Kier molecular flexibility index (Phi) is 12.1. The first-order chi connectivity index (χ1) is 10.6. The second kappa shape index (κ2) is 12.5. The maximum Gasteiger partial charge on any atom is 0.228 e. The summed E-state index contributed by atoms with van der Waals surface area (Å²) in [5.74, 6) is 3.25. The summed E-state index contributed by atoms with van der Waals surface area (Å²) in [5, 5.41) is 10.6. The van der Waals surface area contributed by atoms with Crippen molar-refractivity contribution < 1.29 is 4.52 Å².